The fraction of sp³-hybridized carbons (Fsp3) is 0.471. The smallest absolute Gasteiger partial charge is 0.343 e. The van der Waals surface area contributed by atoms with E-state index in [1.807, 2.05) is 31.2 Å². The Labute approximate surface area is 139 Å². The Kier molecular flexibility index (Phi) is 2.79. The van der Waals surface area contributed by atoms with Gasteiger partial charge in [-0.1, -0.05) is 12.1 Å². The molecule has 7 heteroatoms. The third-order valence-electron chi connectivity index (χ3n) is 5.32. The van der Waals surface area contributed by atoms with Crippen molar-refractivity contribution in [3.05, 3.63) is 29.8 Å². The second kappa shape index (κ2) is 4.47. The highest BCUT2D eigenvalue weighted by Gasteiger charge is 2.97. The van der Waals surface area contributed by atoms with Crippen LogP contribution in [0.5, 0.6) is 5.75 Å². The maximum Gasteiger partial charge on any atom is 0.343 e. The average Bonchev–Trinajstić information content (AvgIpc) is 2.99. The van der Waals surface area contributed by atoms with Crippen molar-refractivity contribution in [2.24, 2.45) is 16.6 Å². The second-order valence-corrected chi connectivity index (χ2v) is 6.44. The predicted molar refractivity (Wildman–Crippen MR) is 81.2 cm³/mol. The molecule has 5 atom stereocenters. The van der Waals surface area contributed by atoms with E-state index in [1.165, 1.54) is 0 Å². The number of nitrogens with two attached hydrogens (primary N) is 1. The Morgan fingerprint density at radius 2 is 2.17 bits per heavy atom. The molecule has 4 rings (SSSR count). The van der Waals surface area contributed by atoms with E-state index in [2.05, 4.69) is 17.1 Å². The molecule has 0 bridgehead atoms. The highest BCUT2D eigenvalue weighted by molar-refractivity contribution is 5.95. The van der Waals surface area contributed by atoms with E-state index in [4.69, 9.17) is 19.9 Å². The van der Waals surface area contributed by atoms with Crippen LogP contribution < -0.4 is 15.5 Å². The van der Waals surface area contributed by atoms with Gasteiger partial charge in [0.1, 0.15) is 5.75 Å². The first-order valence-corrected chi connectivity index (χ1v) is 7.70. The van der Waals surface area contributed by atoms with Gasteiger partial charge in [0.15, 0.2) is 10.8 Å². The molecule has 2 aliphatic heterocycles. The quantitative estimate of drug-likeness (QED) is 0.747. The largest absolute Gasteiger partial charge is 0.497 e. The van der Waals surface area contributed by atoms with Crippen LogP contribution in [0.2, 0.25) is 0 Å². The Morgan fingerprint density at radius 1 is 1.38 bits per heavy atom. The zero-order valence-electron chi connectivity index (χ0n) is 13.4. The number of benzene rings is 1. The van der Waals surface area contributed by atoms with Crippen LogP contribution in [0.4, 0.5) is 0 Å². The minimum absolute atomic E-state index is 0.198. The minimum atomic E-state index is -1.39. The van der Waals surface area contributed by atoms with E-state index in [-0.39, 0.29) is 11.9 Å². The summed E-state index contributed by atoms with van der Waals surface area (Å²) < 4.78 is 17.0. The lowest BCUT2D eigenvalue weighted by atomic mass is 9.94. The molecule has 1 aliphatic carbocycles. The molecule has 0 aromatic heterocycles. The highest BCUT2D eigenvalue weighted by atomic mass is 16.8. The first-order chi connectivity index (χ1) is 11.5. The van der Waals surface area contributed by atoms with Gasteiger partial charge in [0.05, 0.1) is 32.0 Å². The van der Waals surface area contributed by atoms with Crippen molar-refractivity contribution in [1.29, 1.82) is 10.5 Å². The summed E-state index contributed by atoms with van der Waals surface area (Å²) in [6.45, 7) is 2.18. The summed E-state index contributed by atoms with van der Waals surface area (Å²) in [5, 5.41) is 20.0. The van der Waals surface area contributed by atoms with Crippen LogP contribution in [-0.2, 0) is 9.47 Å². The van der Waals surface area contributed by atoms with E-state index >= 15 is 0 Å². The third-order valence-corrected chi connectivity index (χ3v) is 5.32. The molecule has 24 heavy (non-hydrogen) atoms. The van der Waals surface area contributed by atoms with E-state index < -0.39 is 22.7 Å². The van der Waals surface area contributed by atoms with Crippen molar-refractivity contribution in [3.63, 3.8) is 0 Å². The van der Waals surface area contributed by atoms with Gasteiger partial charge in [0.25, 0.3) is 5.84 Å². The minimum Gasteiger partial charge on any atom is -0.497 e. The summed E-state index contributed by atoms with van der Waals surface area (Å²) in [4.78, 5) is 2.94. The molecule has 1 saturated carbocycles. The molecular formula is C17H17N4O3+. The Hall–Kier alpha value is -2.61. The molecule has 0 amide bonds. The van der Waals surface area contributed by atoms with E-state index in [1.54, 1.807) is 7.11 Å². The Bertz CT molecular complexity index is 841. The van der Waals surface area contributed by atoms with Gasteiger partial charge in [0.2, 0.25) is 0 Å². The molecule has 3 N–H and O–H groups in total. The normalized spacial score (nSPS) is 42.1. The van der Waals surface area contributed by atoms with Crippen molar-refractivity contribution in [1.82, 2.24) is 0 Å². The van der Waals surface area contributed by atoms with E-state index in [9.17, 15) is 10.5 Å². The second-order valence-electron chi connectivity index (χ2n) is 6.44. The zero-order valence-corrected chi connectivity index (χ0v) is 13.4. The van der Waals surface area contributed by atoms with Gasteiger partial charge in [-0.3, -0.25) is 5.73 Å². The van der Waals surface area contributed by atoms with Crippen molar-refractivity contribution in [2.45, 2.75) is 24.9 Å². The lowest BCUT2D eigenvalue weighted by Crippen LogP contribution is -2.90. The zero-order chi connectivity index (χ0) is 17.2. The van der Waals surface area contributed by atoms with Crippen LogP contribution in [0.1, 0.15) is 18.4 Å². The molecule has 1 spiro atoms. The molecule has 1 aromatic carbocycles. The fourth-order valence-corrected chi connectivity index (χ4v) is 4.29. The number of nitrogens with zero attached hydrogens (tertiary/aromatic N) is 2. The molecule has 2 heterocycles. The summed E-state index contributed by atoms with van der Waals surface area (Å²) in [6.07, 6.45) is -0.198. The molecule has 3 aliphatic rings. The average molecular weight is 325 g/mol. The lowest BCUT2D eigenvalue weighted by Gasteiger charge is -2.24. The third kappa shape index (κ3) is 1.36. The van der Waals surface area contributed by atoms with Crippen molar-refractivity contribution < 1.29 is 19.2 Å². The van der Waals surface area contributed by atoms with Gasteiger partial charge in [-0.15, -0.1) is 0 Å². The molecular weight excluding hydrogens is 308 g/mol. The molecule has 1 aromatic rings. The summed E-state index contributed by atoms with van der Waals surface area (Å²) in [7, 11) is 1.57. The lowest BCUT2D eigenvalue weighted by molar-refractivity contribution is -0.677. The van der Waals surface area contributed by atoms with Crippen molar-refractivity contribution >= 4 is 5.84 Å². The standard InChI is InChI=1S/C17H16N4O3/c1-10-7-23-17(24-10)16(9-19)13(15(16,8-18)14(20)21-17)11-4-3-5-12(6-11)22-2/h3-6,10,13H,7H2,1-2H3,(H2,20,21)/p+1/t10-,13-,15-,16-,17-/m1/s1. The van der Waals surface area contributed by atoms with Gasteiger partial charge < -0.3 is 14.2 Å². The molecule has 0 radical (unpaired) electrons. The number of methoxy groups -OCH3 is 1. The van der Waals surface area contributed by atoms with Crippen LogP contribution in [0.3, 0.4) is 0 Å². The molecule has 122 valence electrons. The number of amidine groups is 1. The molecule has 7 nitrogen and oxygen atoms in total. The summed E-state index contributed by atoms with van der Waals surface area (Å²) in [5.41, 5.74) is 4.53. The predicted octanol–water partition coefficient (Wildman–Crippen LogP) is -0.647. The first kappa shape index (κ1) is 14.9. The van der Waals surface area contributed by atoms with Crippen LogP contribution in [-0.4, -0.2) is 31.6 Å². The van der Waals surface area contributed by atoms with Gasteiger partial charge in [-0.05, 0) is 24.6 Å². The van der Waals surface area contributed by atoms with Crippen molar-refractivity contribution in [3.8, 4) is 17.9 Å². The van der Waals surface area contributed by atoms with E-state index in [0.717, 1.165) is 5.56 Å². The highest BCUT2D eigenvalue weighted by Crippen LogP contribution is 2.79. The van der Waals surface area contributed by atoms with E-state index in [0.29, 0.717) is 12.4 Å². The maximum absolute atomic E-state index is 10.0. The van der Waals surface area contributed by atoms with Crippen LogP contribution in [0, 0.1) is 33.5 Å². The monoisotopic (exact) mass is 325 g/mol. The topological polar surface area (TPSA) is 115 Å². The Balaban J connectivity index is 1.90. The van der Waals surface area contributed by atoms with Crippen LogP contribution in [0.25, 0.3) is 0 Å². The van der Waals surface area contributed by atoms with Crippen LogP contribution in [0.15, 0.2) is 24.3 Å². The number of fused-ring (bicyclic) bond motifs is 2. The van der Waals surface area contributed by atoms with Crippen LogP contribution >= 0.6 is 0 Å². The van der Waals surface area contributed by atoms with Gasteiger partial charge >= 0.3 is 5.91 Å². The number of rotatable bonds is 2. The first-order valence-electron chi connectivity index (χ1n) is 7.70. The summed E-state index contributed by atoms with van der Waals surface area (Å²) in [6, 6.07) is 11.9. The maximum atomic E-state index is 10.0. The van der Waals surface area contributed by atoms with Gasteiger partial charge in [-0.2, -0.15) is 10.5 Å². The number of nitrogens with one attached hydrogen (secondary N) is 1. The number of hydrogen-bond acceptors (Lipinski definition) is 6. The van der Waals surface area contributed by atoms with Crippen molar-refractivity contribution in [2.75, 3.05) is 13.7 Å². The molecule has 2 fully saturated rings. The number of nitriles is 2. The summed E-state index contributed by atoms with van der Waals surface area (Å²) in [5.74, 6) is -0.981. The number of ether oxygens (including phenoxy) is 3. The molecule has 0 unspecified atom stereocenters. The molecule has 1 saturated heterocycles. The van der Waals surface area contributed by atoms with Gasteiger partial charge in [0, 0.05) is 5.92 Å². The Morgan fingerprint density at radius 3 is 2.75 bits per heavy atom. The summed E-state index contributed by atoms with van der Waals surface area (Å²) >= 11 is 0. The number of hydrogen-bond donors (Lipinski definition) is 2. The fourth-order valence-electron chi connectivity index (χ4n) is 4.29. The SMILES string of the molecule is COc1cccc([C@H]2[C@@]3(C#N)[C@@]4([NH+]=C(N)[C@@]23C#N)OC[C@@H](C)O4)c1. The van der Waals surface area contributed by atoms with Gasteiger partial charge in [-0.25, -0.2) is 4.99 Å².